The molecule has 2 aromatic rings. The van der Waals surface area contributed by atoms with E-state index in [1.54, 1.807) is 30.3 Å². The summed E-state index contributed by atoms with van der Waals surface area (Å²) in [6.45, 7) is 1.99. The molecule has 0 spiro atoms. The van der Waals surface area contributed by atoms with E-state index in [0.717, 1.165) is 11.1 Å². The second-order valence-electron chi connectivity index (χ2n) is 5.44. The summed E-state index contributed by atoms with van der Waals surface area (Å²) in [6.07, 6.45) is 1.62. The number of rotatable bonds is 1. The van der Waals surface area contributed by atoms with Crippen LogP contribution < -0.4 is 0 Å². The Kier molecular flexibility index (Phi) is 2.91. The van der Waals surface area contributed by atoms with E-state index in [4.69, 9.17) is 9.47 Å². The van der Waals surface area contributed by atoms with Crippen molar-refractivity contribution in [3.05, 3.63) is 82.4 Å². The SMILES string of the molecule is Cc1ccc(C2=C/C(=C3\OC(=O)c4ccccc43)C(=O)O2)cc1. The molecule has 2 aliphatic rings. The van der Waals surface area contributed by atoms with E-state index in [2.05, 4.69) is 0 Å². The molecule has 0 aromatic heterocycles. The number of fused-ring (bicyclic) bond motifs is 1. The van der Waals surface area contributed by atoms with E-state index in [1.165, 1.54) is 0 Å². The summed E-state index contributed by atoms with van der Waals surface area (Å²) < 4.78 is 10.6. The van der Waals surface area contributed by atoms with Crippen LogP contribution >= 0.6 is 0 Å². The van der Waals surface area contributed by atoms with Crippen LogP contribution in [0.1, 0.15) is 27.0 Å². The summed E-state index contributed by atoms with van der Waals surface area (Å²) >= 11 is 0. The smallest absolute Gasteiger partial charge is 0.347 e. The number of cyclic esters (lactones) is 2. The summed E-state index contributed by atoms with van der Waals surface area (Å²) in [6, 6.07) is 14.7. The zero-order valence-corrected chi connectivity index (χ0v) is 12.3. The molecule has 0 bridgehead atoms. The number of carbonyl (C=O) groups excluding carboxylic acids is 2. The van der Waals surface area contributed by atoms with Crippen LogP contribution in [0.4, 0.5) is 0 Å². The van der Waals surface area contributed by atoms with Crippen LogP contribution in [0.3, 0.4) is 0 Å². The quantitative estimate of drug-likeness (QED) is 0.598. The third-order valence-electron chi connectivity index (χ3n) is 3.87. The molecule has 0 saturated heterocycles. The zero-order chi connectivity index (χ0) is 16.0. The Labute approximate surface area is 132 Å². The molecule has 2 heterocycles. The van der Waals surface area contributed by atoms with Crippen LogP contribution in [0.25, 0.3) is 11.5 Å². The maximum Gasteiger partial charge on any atom is 0.347 e. The number of carbonyl (C=O) groups is 2. The van der Waals surface area contributed by atoms with Crippen molar-refractivity contribution in [2.24, 2.45) is 0 Å². The standard InChI is InChI=1S/C19H12O4/c1-11-6-8-12(9-7-11)16-10-15(19(21)22-16)17-13-4-2-3-5-14(13)18(20)23-17/h2-10H,1H3/b17-15+. The van der Waals surface area contributed by atoms with Crippen molar-refractivity contribution in [1.29, 1.82) is 0 Å². The highest BCUT2D eigenvalue weighted by Gasteiger charge is 2.34. The monoisotopic (exact) mass is 304 g/mol. The molecule has 0 amide bonds. The topological polar surface area (TPSA) is 52.6 Å². The molecule has 0 unspecified atom stereocenters. The maximum absolute atomic E-state index is 12.2. The van der Waals surface area contributed by atoms with Gasteiger partial charge in [0.05, 0.1) is 5.56 Å². The van der Waals surface area contributed by atoms with Crippen LogP contribution in [0.2, 0.25) is 0 Å². The minimum absolute atomic E-state index is 0.262. The van der Waals surface area contributed by atoms with Crippen molar-refractivity contribution < 1.29 is 19.1 Å². The first-order valence-electron chi connectivity index (χ1n) is 7.20. The molecule has 4 rings (SSSR count). The largest absolute Gasteiger partial charge is 0.422 e. The lowest BCUT2D eigenvalue weighted by Crippen LogP contribution is -2.01. The Morgan fingerprint density at radius 1 is 0.783 bits per heavy atom. The number of hydrogen-bond acceptors (Lipinski definition) is 4. The number of benzene rings is 2. The summed E-state index contributed by atoms with van der Waals surface area (Å²) in [7, 11) is 0. The molecule has 0 radical (unpaired) electrons. The number of ether oxygens (including phenoxy) is 2. The van der Waals surface area contributed by atoms with E-state index in [0.29, 0.717) is 16.9 Å². The molecule has 2 aliphatic heterocycles. The molecule has 4 nitrogen and oxygen atoms in total. The van der Waals surface area contributed by atoms with Crippen LogP contribution in [0.15, 0.2) is 60.2 Å². The lowest BCUT2D eigenvalue weighted by atomic mass is 10.0. The van der Waals surface area contributed by atoms with Gasteiger partial charge in [0.25, 0.3) is 0 Å². The third-order valence-corrected chi connectivity index (χ3v) is 3.87. The summed E-state index contributed by atoms with van der Waals surface area (Å²) in [5, 5.41) is 0. The average Bonchev–Trinajstić information content (AvgIpc) is 3.09. The lowest BCUT2D eigenvalue weighted by molar-refractivity contribution is -0.130. The molecule has 0 saturated carbocycles. The van der Waals surface area contributed by atoms with Gasteiger partial charge in [-0.15, -0.1) is 0 Å². The zero-order valence-electron chi connectivity index (χ0n) is 12.3. The average molecular weight is 304 g/mol. The highest BCUT2D eigenvalue weighted by molar-refractivity contribution is 6.12. The van der Waals surface area contributed by atoms with Crippen LogP contribution in [-0.2, 0) is 14.3 Å². The van der Waals surface area contributed by atoms with Crippen molar-refractivity contribution in [2.75, 3.05) is 0 Å². The van der Waals surface area contributed by atoms with Crippen molar-refractivity contribution in [3.8, 4) is 0 Å². The minimum Gasteiger partial charge on any atom is -0.422 e. The predicted molar refractivity (Wildman–Crippen MR) is 84.0 cm³/mol. The van der Waals surface area contributed by atoms with Gasteiger partial charge in [-0.05, 0) is 19.1 Å². The second kappa shape index (κ2) is 4.95. The first-order valence-corrected chi connectivity index (χ1v) is 7.20. The summed E-state index contributed by atoms with van der Waals surface area (Å²) in [5.74, 6) is -0.246. The van der Waals surface area contributed by atoms with Crippen molar-refractivity contribution in [3.63, 3.8) is 0 Å². The van der Waals surface area contributed by atoms with Gasteiger partial charge in [0.1, 0.15) is 11.3 Å². The molecule has 0 atom stereocenters. The van der Waals surface area contributed by atoms with Crippen LogP contribution in [0, 0.1) is 6.92 Å². The predicted octanol–water partition coefficient (Wildman–Crippen LogP) is 3.47. The van der Waals surface area contributed by atoms with E-state index in [9.17, 15) is 9.59 Å². The van der Waals surface area contributed by atoms with Gasteiger partial charge in [-0.3, -0.25) is 0 Å². The first kappa shape index (κ1) is 13.5. The molecule has 0 N–H and O–H groups in total. The van der Waals surface area contributed by atoms with Crippen molar-refractivity contribution in [2.45, 2.75) is 6.92 Å². The van der Waals surface area contributed by atoms with Gasteiger partial charge in [0, 0.05) is 11.1 Å². The van der Waals surface area contributed by atoms with E-state index >= 15 is 0 Å². The third kappa shape index (κ3) is 2.16. The normalized spacial score (nSPS) is 19.3. The highest BCUT2D eigenvalue weighted by Crippen LogP contribution is 2.37. The molecule has 4 heteroatoms. The molecular formula is C19H12O4. The fraction of sp³-hybridized carbons (Fsp3) is 0.0526. The van der Waals surface area contributed by atoms with E-state index in [1.807, 2.05) is 31.2 Å². The molecule has 112 valence electrons. The number of esters is 2. The molecular weight excluding hydrogens is 292 g/mol. The Morgan fingerprint density at radius 2 is 1.48 bits per heavy atom. The minimum atomic E-state index is -0.514. The fourth-order valence-corrected chi connectivity index (χ4v) is 2.65. The Morgan fingerprint density at radius 3 is 2.22 bits per heavy atom. The van der Waals surface area contributed by atoms with Gasteiger partial charge in [0.15, 0.2) is 5.76 Å². The van der Waals surface area contributed by atoms with Gasteiger partial charge in [0.2, 0.25) is 0 Å². The van der Waals surface area contributed by atoms with Crippen molar-refractivity contribution in [1.82, 2.24) is 0 Å². The Balaban J connectivity index is 1.82. The highest BCUT2D eigenvalue weighted by atomic mass is 16.6. The lowest BCUT2D eigenvalue weighted by Gasteiger charge is -2.02. The van der Waals surface area contributed by atoms with Gasteiger partial charge < -0.3 is 9.47 Å². The second-order valence-corrected chi connectivity index (χ2v) is 5.44. The molecule has 23 heavy (non-hydrogen) atoms. The molecule has 0 fully saturated rings. The number of hydrogen-bond donors (Lipinski definition) is 0. The maximum atomic E-state index is 12.2. The molecule has 0 aliphatic carbocycles. The molecule has 2 aromatic carbocycles. The Bertz CT molecular complexity index is 901. The van der Waals surface area contributed by atoms with Crippen molar-refractivity contribution >= 4 is 23.5 Å². The van der Waals surface area contributed by atoms with Crippen LogP contribution in [0.5, 0.6) is 0 Å². The first-order chi connectivity index (χ1) is 11.1. The van der Waals surface area contributed by atoms with E-state index in [-0.39, 0.29) is 11.3 Å². The number of aryl methyl sites for hydroxylation is 1. The summed E-state index contributed by atoms with van der Waals surface area (Å²) in [5.41, 5.74) is 3.26. The Hall–Kier alpha value is -3.14. The van der Waals surface area contributed by atoms with Gasteiger partial charge >= 0.3 is 11.9 Å². The van der Waals surface area contributed by atoms with Gasteiger partial charge in [-0.1, -0.05) is 48.0 Å². The fourth-order valence-electron chi connectivity index (χ4n) is 2.65. The summed E-state index contributed by atoms with van der Waals surface area (Å²) in [4.78, 5) is 24.1. The van der Waals surface area contributed by atoms with Crippen LogP contribution in [-0.4, -0.2) is 11.9 Å². The van der Waals surface area contributed by atoms with E-state index < -0.39 is 11.9 Å². The van der Waals surface area contributed by atoms with Gasteiger partial charge in [-0.2, -0.15) is 0 Å². The van der Waals surface area contributed by atoms with Gasteiger partial charge in [-0.25, -0.2) is 9.59 Å².